The topological polar surface area (TPSA) is 66.5 Å². The number of sulfonamides is 1. The lowest BCUT2D eigenvalue weighted by Gasteiger charge is -2.26. The summed E-state index contributed by atoms with van der Waals surface area (Å²) in [6, 6.07) is 7.44. The minimum atomic E-state index is -3.28. The molecule has 1 saturated heterocycles. The molecule has 0 atom stereocenters. The Hall–Kier alpha value is -1.11. The molecule has 0 bridgehead atoms. The Morgan fingerprint density at radius 2 is 1.76 bits per heavy atom. The zero-order valence-corrected chi connectivity index (χ0v) is 16.5. The molecule has 2 rings (SSSR count). The first-order valence-corrected chi connectivity index (χ1v) is 10.7. The van der Waals surface area contributed by atoms with Gasteiger partial charge in [0.1, 0.15) is 0 Å². The number of nitrogens with zero attached hydrogens (tertiary/aromatic N) is 1. The smallest absolute Gasteiger partial charge is 0.220 e. The molecule has 1 heterocycles. The van der Waals surface area contributed by atoms with Gasteiger partial charge in [0.2, 0.25) is 15.9 Å². The zero-order chi connectivity index (χ0) is 18.5. The van der Waals surface area contributed by atoms with E-state index in [1.165, 1.54) is 0 Å². The molecule has 0 aromatic heterocycles. The highest BCUT2D eigenvalue weighted by Gasteiger charge is 2.26. The standard InChI is InChI=1S/C18H27ClN2O3S/c1-18(2,15-6-8-16(19)9-7-15)14-17(22)20-10-13-25(23,24)21-11-4-3-5-12-21/h6-9H,3-5,10-14H2,1-2H3,(H,20,22). The van der Waals surface area contributed by atoms with Crippen molar-refractivity contribution in [2.24, 2.45) is 0 Å². The maximum absolute atomic E-state index is 12.3. The third kappa shape index (κ3) is 5.97. The number of amides is 1. The van der Waals surface area contributed by atoms with E-state index in [9.17, 15) is 13.2 Å². The maximum Gasteiger partial charge on any atom is 0.220 e. The number of carbonyl (C=O) groups excluding carboxylic acids is 1. The van der Waals surface area contributed by atoms with Crippen molar-refractivity contribution in [1.82, 2.24) is 9.62 Å². The molecule has 0 unspecified atom stereocenters. The van der Waals surface area contributed by atoms with Gasteiger partial charge in [-0.3, -0.25) is 4.79 Å². The first-order chi connectivity index (χ1) is 11.7. The average Bonchev–Trinajstić information content (AvgIpc) is 2.55. The van der Waals surface area contributed by atoms with E-state index in [0.29, 0.717) is 24.5 Å². The molecule has 1 aliphatic heterocycles. The Bertz CT molecular complexity index is 681. The number of carbonyl (C=O) groups is 1. The molecule has 1 fully saturated rings. The van der Waals surface area contributed by atoms with Crippen LogP contribution in [0.25, 0.3) is 0 Å². The predicted molar refractivity (Wildman–Crippen MR) is 101 cm³/mol. The molecule has 1 aromatic carbocycles. The zero-order valence-electron chi connectivity index (χ0n) is 14.9. The van der Waals surface area contributed by atoms with Gasteiger partial charge in [0.15, 0.2) is 0 Å². The van der Waals surface area contributed by atoms with Gasteiger partial charge in [0.25, 0.3) is 0 Å². The van der Waals surface area contributed by atoms with E-state index >= 15 is 0 Å². The fraction of sp³-hybridized carbons (Fsp3) is 0.611. The van der Waals surface area contributed by atoms with Crippen molar-refractivity contribution >= 4 is 27.5 Å². The van der Waals surface area contributed by atoms with E-state index in [1.54, 1.807) is 4.31 Å². The fourth-order valence-corrected chi connectivity index (χ4v) is 4.62. The van der Waals surface area contributed by atoms with Crippen molar-refractivity contribution < 1.29 is 13.2 Å². The van der Waals surface area contributed by atoms with Gasteiger partial charge < -0.3 is 5.32 Å². The second-order valence-corrected chi connectivity index (χ2v) is 9.72. The van der Waals surface area contributed by atoms with Gasteiger partial charge in [-0.2, -0.15) is 0 Å². The molecule has 1 aliphatic rings. The van der Waals surface area contributed by atoms with E-state index in [2.05, 4.69) is 5.32 Å². The van der Waals surface area contributed by atoms with Crippen LogP contribution in [0.1, 0.15) is 45.1 Å². The first kappa shape index (κ1) is 20.2. The van der Waals surface area contributed by atoms with E-state index in [4.69, 9.17) is 11.6 Å². The van der Waals surface area contributed by atoms with Crippen LogP contribution in [0.2, 0.25) is 5.02 Å². The summed E-state index contributed by atoms with van der Waals surface area (Å²) in [5.74, 6) is -0.186. The molecule has 0 spiro atoms. The van der Waals surface area contributed by atoms with Crippen LogP contribution in [-0.4, -0.2) is 44.0 Å². The van der Waals surface area contributed by atoms with Crippen LogP contribution >= 0.6 is 11.6 Å². The van der Waals surface area contributed by atoms with Gasteiger partial charge in [-0.25, -0.2) is 12.7 Å². The number of rotatable bonds is 7. The molecular weight excluding hydrogens is 360 g/mol. The van der Waals surface area contributed by atoms with E-state index in [0.717, 1.165) is 24.8 Å². The fourth-order valence-electron chi connectivity index (χ4n) is 3.06. The highest BCUT2D eigenvalue weighted by molar-refractivity contribution is 7.89. The molecule has 1 amide bonds. The Morgan fingerprint density at radius 1 is 1.16 bits per heavy atom. The van der Waals surface area contributed by atoms with Crippen LogP contribution in [-0.2, 0) is 20.2 Å². The lowest BCUT2D eigenvalue weighted by Crippen LogP contribution is -2.41. The summed E-state index contributed by atoms with van der Waals surface area (Å²) in [6.45, 7) is 5.31. The second-order valence-electron chi connectivity index (χ2n) is 7.19. The quantitative estimate of drug-likeness (QED) is 0.783. The minimum absolute atomic E-state index is 0.0416. The van der Waals surface area contributed by atoms with E-state index in [1.807, 2.05) is 38.1 Å². The number of halogens is 1. The van der Waals surface area contributed by atoms with Crippen molar-refractivity contribution in [2.75, 3.05) is 25.4 Å². The number of hydrogen-bond acceptors (Lipinski definition) is 3. The highest BCUT2D eigenvalue weighted by atomic mass is 35.5. The van der Waals surface area contributed by atoms with Crippen LogP contribution < -0.4 is 5.32 Å². The van der Waals surface area contributed by atoms with Crippen LogP contribution in [0.3, 0.4) is 0 Å². The number of piperidine rings is 1. The maximum atomic E-state index is 12.3. The molecule has 140 valence electrons. The summed E-state index contributed by atoms with van der Waals surface area (Å²) in [4.78, 5) is 12.2. The SMILES string of the molecule is CC(C)(CC(=O)NCCS(=O)(=O)N1CCCCC1)c1ccc(Cl)cc1. The molecule has 5 nitrogen and oxygen atoms in total. The van der Waals surface area contributed by atoms with Crippen molar-refractivity contribution in [3.05, 3.63) is 34.9 Å². The van der Waals surface area contributed by atoms with E-state index in [-0.39, 0.29) is 23.6 Å². The van der Waals surface area contributed by atoms with Gasteiger partial charge in [0, 0.05) is 31.1 Å². The van der Waals surface area contributed by atoms with Crippen molar-refractivity contribution in [3.8, 4) is 0 Å². The number of benzene rings is 1. The lowest BCUT2D eigenvalue weighted by molar-refractivity contribution is -0.122. The number of nitrogens with one attached hydrogen (secondary N) is 1. The molecule has 1 N–H and O–H groups in total. The number of hydrogen-bond donors (Lipinski definition) is 1. The van der Waals surface area contributed by atoms with Gasteiger partial charge in [-0.15, -0.1) is 0 Å². The van der Waals surface area contributed by atoms with Crippen LogP contribution in [0.4, 0.5) is 0 Å². The molecule has 0 aliphatic carbocycles. The Labute approximate surface area is 155 Å². The molecule has 7 heteroatoms. The van der Waals surface area contributed by atoms with Gasteiger partial charge in [-0.1, -0.05) is 44.0 Å². The normalized spacial score (nSPS) is 16.6. The summed E-state index contributed by atoms with van der Waals surface area (Å²) >= 11 is 5.90. The van der Waals surface area contributed by atoms with Gasteiger partial charge in [0.05, 0.1) is 5.75 Å². The Balaban J connectivity index is 1.82. The van der Waals surface area contributed by atoms with Crippen LogP contribution in [0, 0.1) is 0 Å². The monoisotopic (exact) mass is 386 g/mol. The molecule has 0 saturated carbocycles. The van der Waals surface area contributed by atoms with Gasteiger partial charge in [-0.05, 0) is 36.0 Å². The first-order valence-electron chi connectivity index (χ1n) is 8.71. The Morgan fingerprint density at radius 3 is 2.36 bits per heavy atom. The summed E-state index contributed by atoms with van der Waals surface area (Å²) in [6.07, 6.45) is 3.21. The predicted octanol–water partition coefficient (Wildman–Crippen LogP) is 2.94. The Kier molecular flexibility index (Phi) is 6.88. The van der Waals surface area contributed by atoms with Gasteiger partial charge >= 0.3 is 0 Å². The van der Waals surface area contributed by atoms with E-state index < -0.39 is 10.0 Å². The molecule has 25 heavy (non-hydrogen) atoms. The van der Waals surface area contributed by atoms with Crippen molar-refractivity contribution in [2.45, 2.75) is 44.9 Å². The summed E-state index contributed by atoms with van der Waals surface area (Å²) < 4.78 is 26.1. The molecular formula is C18H27ClN2O3S. The average molecular weight is 387 g/mol. The van der Waals surface area contributed by atoms with Crippen LogP contribution in [0.5, 0.6) is 0 Å². The van der Waals surface area contributed by atoms with Crippen LogP contribution in [0.15, 0.2) is 24.3 Å². The van der Waals surface area contributed by atoms with Crippen molar-refractivity contribution in [3.63, 3.8) is 0 Å². The summed E-state index contributed by atoms with van der Waals surface area (Å²) in [5.41, 5.74) is 0.674. The highest BCUT2D eigenvalue weighted by Crippen LogP contribution is 2.27. The molecule has 1 aromatic rings. The third-order valence-electron chi connectivity index (χ3n) is 4.62. The largest absolute Gasteiger partial charge is 0.355 e. The van der Waals surface area contributed by atoms with Crippen molar-refractivity contribution in [1.29, 1.82) is 0 Å². The lowest BCUT2D eigenvalue weighted by atomic mass is 9.81. The third-order valence-corrected chi connectivity index (χ3v) is 6.74. The second kappa shape index (κ2) is 8.52. The summed E-state index contributed by atoms with van der Waals surface area (Å²) in [7, 11) is -3.28. The summed E-state index contributed by atoms with van der Waals surface area (Å²) in [5, 5.41) is 3.40. The minimum Gasteiger partial charge on any atom is -0.355 e. The molecule has 0 radical (unpaired) electrons.